The van der Waals surface area contributed by atoms with Gasteiger partial charge in [-0.3, -0.25) is 0 Å². The molecule has 0 saturated carbocycles. The summed E-state index contributed by atoms with van der Waals surface area (Å²) in [6.45, 7) is 2.40. The lowest BCUT2D eigenvalue weighted by molar-refractivity contribution is 0.0862. The monoisotopic (exact) mass is 131 g/mol. The Bertz CT molecular complexity index is 97.1. The standard InChI is InChI=1S/C6H13NO2/c1-2-5-6(7)4(8)3-9-5/h4-6,8H,2-3,7H2,1H3/t4-,5+,6-/m1/s1. The molecule has 0 radical (unpaired) electrons. The Morgan fingerprint density at radius 3 is 2.67 bits per heavy atom. The molecule has 0 amide bonds. The Kier molecular flexibility index (Phi) is 2.05. The van der Waals surface area contributed by atoms with Gasteiger partial charge in [0.05, 0.1) is 24.9 Å². The molecule has 3 nitrogen and oxygen atoms in total. The summed E-state index contributed by atoms with van der Waals surface area (Å²) in [5.41, 5.74) is 5.56. The van der Waals surface area contributed by atoms with Crippen molar-refractivity contribution < 1.29 is 9.84 Å². The van der Waals surface area contributed by atoms with Crippen molar-refractivity contribution in [1.82, 2.24) is 0 Å². The van der Waals surface area contributed by atoms with E-state index in [0.29, 0.717) is 6.61 Å². The summed E-state index contributed by atoms with van der Waals surface area (Å²) in [7, 11) is 0. The number of aliphatic hydroxyl groups excluding tert-OH is 1. The van der Waals surface area contributed by atoms with Gasteiger partial charge in [-0.25, -0.2) is 0 Å². The first-order valence-corrected chi connectivity index (χ1v) is 3.31. The fraction of sp³-hybridized carbons (Fsp3) is 1.00. The highest BCUT2D eigenvalue weighted by molar-refractivity contribution is 4.85. The van der Waals surface area contributed by atoms with Crippen molar-refractivity contribution in [1.29, 1.82) is 0 Å². The van der Waals surface area contributed by atoms with E-state index >= 15 is 0 Å². The first-order chi connectivity index (χ1) is 4.25. The van der Waals surface area contributed by atoms with Gasteiger partial charge >= 0.3 is 0 Å². The molecule has 1 fully saturated rings. The third-order valence-electron chi connectivity index (χ3n) is 1.76. The van der Waals surface area contributed by atoms with Crippen LogP contribution in [0.25, 0.3) is 0 Å². The van der Waals surface area contributed by atoms with Crippen LogP contribution in [0.4, 0.5) is 0 Å². The highest BCUT2D eigenvalue weighted by atomic mass is 16.5. The normalized spacial score (nSPS) is 43.7. The summed E-state index contributed by atoms with van der Waals surface area (Å²) in [6, 6.07) is -0.171. The van der Waals surface area contributed by atoms with E-state index < -0.39 is 6.10 Å². The number of ether oxygens (including phenoxy) is 1. The lowest BCUT2D eigenvalue weighted by Gasteiger charge is -2.12. The average molecular weight is 131 g/mol. The van der Waals surface area contributed by atoms with E-state index in [1.807, 2.05) is 6.92 Å². The van der Waals surface area contributed by atoms with E-state index in [9.17, 15) is 0 Å². The van der Waals surface area contributed by atoms with Crippen molar-refractivity contribution in [3.05, 3.63) is 0 Å². The van der Waals surface area contributed by atoms with Gasteiger partial charge in [0.25, 0.3) is 0 Å². The SMILES string of the molecule is CC[C@@H]1OC[C@@H](O)[C@H]1N. The van der Waals surface area contributed by atoms with Crippen LogP contribution >= 0.6 is 0 Å². The minimum Gasteiger partial charge on any atom is -0.389 e. The zero-order chi connectivity index (χ0) is 6.85. The Labute approximate surface area is 54.8 Å². The van der Waals surface area contributed by atoms with Crippen molar-refractivity contribution >= 4 is 0 Å². The largest absolute Gasteiger partial charge is 0.389 e. The minimum atomic E-state index is -0.449. The van der Waals surface area contributed by atoms with Gasteiger partial charge in [0.1, 0.15) is 0 Å². The van der Waals surface area contributed by atoms with Crippen LogP contribution in [0.1, 0.15) is 13.3 Å². The Balaban J connectivity index is 2.41. The maximum absolute atomic E-state index is 9.05. The molecule has 0 aromatic carbocycles. The zero-order valence-electron chi connectivity index (χ0n) is 5.58. The van der Waals surface area contributed by atoms with Crippen LogP contribution in [-0.4, -0.2) is 30.0 Å². The minimum absolute atomic E-state index is 0.0694. The second-order valence-corrected chi connectivity index (χ2v) is 2.42. The van der Waals surface area contributed by atoms with Crippen LogP contribution in [0.3, 0.4) is 0 Å². The third-order valence-corrected chi connectivity index (χ3v) is 1.76. The number of hydrogen-bond donors (Lipinski definition) is 2. The molecule has 0 aromatic rings. The van der Waals surface area contributed by atoms with Crippen LogP contribution < -0.4 is 5.73 Å². The topological polar surface area (TPSA) is 55.5 Å². The number of hydrogen-bond acceptors (Lipinski definition) is 3. The van der Waals surface area contributed by atoms with Crippen molar-refractivity contribution in [3.63, 3.8) is 0 Å². The van der Waals surface area contributed by atoms with Crippen molar-refractivity contribution in [3.8, 4) is 0 Å². The lowest BCUT2D eigenvalue weighted by atomic mass is 10.1. The molecule has 0 unspecified atom stereocenters. The van der Waals surface area contributed by atoms with Crippen molar-refractivity contribution in [2.75, 3.05) is 6.61 Å². The molecule has 3 atom stereocenters. The lowest BCUT2D eigenvalue weighted by Crippen LogP contribution is -2.38. The van der Waals surface area contributed by atoms with E-state index in [0.717, 1.165) is 6.42 Å². The molecule has 0 spiro atoms. The van der Waals surface area contributed by atoms with Gasteiger partial charge in [-0.05, 0) is 6.42 Å². The summed E-state index contributed by atoms with van der Waals surface area (Å²) >= 11 is 0. The summed E-state index contributed by atoms with van der Waals surface area (Å²) in [4.78, 5) is 0. The Hall–Kier alpha value is -0.120. The van der Waals surface area contributed by atoms with E-state index in [1.165, 1.54) is 0 Å². The van der Waals surface area contributed by atoms with Gasteiger partial charge in [0.2, 0.25) is 0 Å². The van der Waals surface area contributed by atoms with E-state index in [2.05, 4.69) is 0 Å². The molecule has 1 heterocycles. The highest BCUT2D eigenvalue weighted by Gasteiger charge is 2.31. The highest BCUT2D eigenvalue weighted by Crippen LogP contribution is 2.14. The van der Waals surface area contributed by atoms with Gasteiger partial charge < -0.3 is 15.6 Å². The van der Waals surface area contributed by atoms with E-state index in [1.54, 1.807) is 0 Å². The second-order valence-electron chi connectivity index (χ2n) is 2.42. The molecule has 9 heavy (non-hydrogen) atoms. The number of aliphatic hydroxyl groups is 1. The summed E-state index contributed by atoms with van der Waals surface area (Å²) in [6.07, 6.45) is 0.507. The van der Waals surface area contributed by atoms with Gasteiger partial charge in [-0.15, -0.1) is 0 Å². The van der Waals surface area contributed by atoms with E-state index in [-0.39, 0.29) is 12.1 Å². The van der Waals surface area contributed by atoms with E-state index in [4.69, 9.17) is 15.6 Å². The number of nitrogens with two attached hydrogens (primary N) is 1. The molecule has 1 saturated heterocycles. The van der Waals surface area contributed by atoms with Crippen LogP contribution in [0.5, 0.6) is 0 Å². The Morgan fingerprint density at radius 1 is 1.78 bits per heavy atom. The zero-order valence-corrected chi connectivity index (χ0v) is 5.58. The predicted molar refractivity (Wildman–Crippen MR) is 34.0 cm³/mol. The van der Waals surface area contributed by atoms with Crippen molar-refractivity contribution in [2.45, 2.75) is 31.6 Å². The molecule has 1 aliphatic rings. The Morgan fingerprint density at radius 2 is 2.44 bits per heavy atom. The first kappa shape index (κ1) is 6.99. The average Bonchev–Trinajstić information content (AvgIpc) is 2.15. The van der Waals surface area contributed by atoms with Crippen LogP contribution in [0.2, 0.25) is 0 Å². The molecule has 1 rings (SSSR count). The van der Waals surface area contributed by atoms with Gasteiger partial charge in [0, 0.05) is 0 Å². The fourth-order valence-corrected chi connectivity index (χ4v) is 1.08. The molecular weight excluding hydrogens is 118 g/mol. The second kappa shape index (κ2) is 2.64. The first-order valence-electron chi connectivity index (χ1n) is 3.31. The maximum Gasteiger partial charge on any atom is 0.0949 e. The maximum atomic E-state index is 9.05. The van der Waals surface area contributed by atoms with Gasteiger partial charge in [-0.2, -0.15) is 0 Å². The van der Waals surface area contributed by atoms with Crippen molar-refractivity contribution in [2.24, 2.45) is 5.73 Å². The predicted octanol–water partition coefficient (Wildman–Crippen LogP) is -0.517. The van der Waals surface area contributed by atoms with Gasteiger partial charge in [0.15, 0.2) is 0 Å². The molecule has 54 valence electrons. The molecule has 3 N–H and O–H groups in total. The molecular formula is C6H13NO2. The quantitative estimate of drug-likeness (QED) is 0.503. The molecule has 1 aliphatic heterocycles. The summed E-state index contributed by atoms with van der Waals surface area (Å²) < 4.78 is 5.15. The number of rotatable bonds is 1. The summed E-state index contributed by atoms with van der Waals surface area (Å²) in [5.74, 6) is 0. The van der Waals surface area contributed by atoms with Crippen LogP contribution in [-0.2, 0) is 4.74 Å². The van der Waals surface area contributed by atoms with Crippen LogP contribution in [0, 0.1) is 0 Å². The fourth-order valence-electron chi connectivity index (χ4n) is 1.08. The third kappa shape index (κ3) is 1.23. The molecule has 0 bridgehead atoms. The molecule has 3 heteroatoms. The van der Waals surface area contributed by atoms with Crippen LogP contribution in [0.15, 0.2) is 0 Å². The summed E-state index contributed by atoms with van der Waals surface area (Å²) in [5, 5.41) is 9.05. The smallest absolute Gasteiger partial charge is 0.0949 e. The molecule has 0 aromatic heterocycles. The molecule has 0 aliphatic carbocycles. The van der Waals surface area contributed by atoms with Gasteiger partial charge in [-0.1, -0.05) is 6.92 Å².